The van der Waals surface area contributed by atoms with Gasteiger partial charge in [-0.25, -0.2) is 6.57 Å². The van der Waals surface area contributed by atoms with Crippen molar-refractivity contribution >= 4 is 23.2 Å². The van der Waals surface area contributed by atoms with Gasteiger partial charge in [-0.15, -0.1) is 0 Å². The molecule has 1 unspecified atom stereocenters. The summed E-state index contributed by atoms with van der Waals surface area (Å²) in [5.41, 5.74) is 1.95. The number of nitrogens with one attached hydrogen (secondary N) is 1. The second-order valence-corrected chi connectivity index (χ2v) is 10.3. The fraction of sp³-hybridized carbons (Fsp3) is 0.448. The van der Waals surface area contributed by atoms with Crippen LogP contribution in [0.25, 0.3) is 4.85 Å². The SMILES string of the molecule is [C-]#[N+][C@@H]1C[C@@]2(CC1C(=O)[C@@H](CC(=O)CCc1ccccc1)CC(C)C)C(=O)Nc1ccccc12. The van der Waals surface area contributed by atoms with Crippen molar-refractivity contribution in [2.24, 2.45) is 17.8 Å². The molecule has 1 heterocycles. The molecule has 5 nitrogen and oxygen atoms in total. The van der Waals surface area contributed by atoms with Crippen molar-refractivity contribution < 1.29 is 14.4 Å². The van der Waals surface area contributed by atoms with Crippen LogP contribution in [0.1, 0.15) is 57.1 Å². The molecule has 1 fully saturated rings. The molecule has 0 aromatic heterocycles. The number of amides is 1. The lowest BCUT2D eigenvalue weighted by molar-refractivity contribution is -0.131. The third-order valence-electron chi connectivity index (χ3n) is 7.41. The van der Waals surface area contributed by atoms with Crippen molar-refractivity contribution in [2.45, 2.75) is 63.8 Å². The van der Waals surface area contributed by atoms with E-state index < -0.39 is 23.3 Å². The van der Waals surface area contributed by atoms with E-state index in [0.717, 1.165) is 16.8 Å². The van der Waals surface area contributed by atoms with E-state index in [2.05, 4.69) is 24.0 Å². The number of aryl methyl sites for hydroxylation is 1. The van der Waals surface area contributed by atoms with Gasteiger partial charge in [-0.3, -0.25) is 14.4 Å². The van der Waals surface area contributed by atoms with Crippen molar-refractivity contribution in [1.29, 1.82) is 0 Å². The zero-order valence-electron chi connectivity index (χ0n) is 19.9. The monoisotopic (exact) mass is 456 g/mol. The fourth-order valence-corrected chi connectivity index (χ4v) is 5.78. The van der Waals surface area contributed by atoms with E-state index in [1.807, 2.05) is 54.6 Å². The number of Topliss-reactive ketones (excluding diaryl/α,β-unsaturated/α-hetero) is 2. The van der Waals surface area contributed by atoms with E-state index in [0.29, 0.717) is 32.1 Å². The summed E-state index contributed by atoms with van der Waals surface area (Å²) >= 11 is 0. The molecule has 34 heavy (non-hydrogen) atoms. The Labute approximate surface area is 201 Å². The summed E-state index contributed by atoms with van der Waals surface area (Å²) in [6.45, 7) is 11.9. The molecule has 1 aliphatic carbocycles. The van der Waals surface area contributed by atoms with E-state index in [-0.39, 0.29) is 29.8 Å². The van der Waals surface area contributed by atoms with Crippen molar-refractivity contribution in [3.63, 3.8) is 0 Å². The van der Waals surface area contributed by atoms with Crippen LogP contribution in [0, 0.1) is 24.3 Å². The maximum atomic E-state index is 13.8. The Hall–Kier alpha value is -3.26. The standard InChI is InChI=1S/C29H32N2O3/c1-19(2)15-21(16-22(32)14-13-20-9-5-4-6-10-20)27(33)23-17-29(18-26(23)30-3)24-11-7-8-12-25(24)31-28(29)34/h4-12,19,21,23,26H,13-18H2,1-2H3,(H,31,34)/t21-,23?,26-,29-/m1/s1. The van der Waals surface area contributed by atoms with Crippen LogP contribution in [-0.4, -0.2) is 23.5 Å². The highest BCUT2D eigenvalue weighted by atomic mass is 16.2. The third-order valence-corrected chi connectivity index (χ3v) is 7.41. The molecule has 2 aromatic rings. The third kappa shape index (κ3) is 4.68. The number of ketones is 2. The Kier molecular flexibility index (Phi) is 6.97. The summed E-state index contributed by atoms with van der Waals surface area (Å²) in [7, 11) is 0. The summed E-state index contributed by atoms with van der Waals surface area (Å²) < 4.78 is 0. The number of rotatable bonds is 9. The lowest BCUT2D eigenvalue weighted by Gasteiger charge is -2.23. The highest BCUT2D eigenvalue weighted by Crippen LogP contribution is 2.52. The lowest BCUT2D eigenvalue weighted by atomic mass is 9.77. The summed E-state index contributed by atoms with van der Waals surface area (Å²) in [5, 5.41) is 2.95. The predicted octanol–water partition coefficient (Wildman–Crippen LogP) is 5.40. The molecule has 1 aliphatic heterocycles. The number of carbonyl (C=O) groups excluding carboxylic acids is 3. The number of nitrogens with zero attached hydrogens (tertiary/aromatic N) is 1. The number of hydrogen-bond donors (Lipinski definition) is 1. The van der Waals surface area contributed by atoms with Gasteiger partial charge in [0.2, 0.25) is 11.9 Å². The molecule has 2 aromatic carbocycles. The van der Waals surface area contributed by atoms with Gasteiger partial charge in [-0.1, -0.05) is 62.4 Å². The molecule has 2 aliphatic rings. The lowest BCUT2D eigenvalue weighted by Crippen LogP contribution is -2.33. The molecule has 0 saturated heterocycles. The molecule has 176 valence electrons. The summed E-state index contributed by atoms with van der Waals surface area (Å²) in [6.07, 6.45) is 2.59. The van der Waals surface area contributed by atoms with Gasteiger partial charge in [0.1, 0.15) is 11.6 Å². The van der Waals surface area contributed by atoms with Gasteiger partial charge in [-0.05, 0) is 42.4 Å². The Morgan fingerprint density at radius 3 is 2.50 bits per heavy atom. The second kappa shape index (κ2) is 9.93. The summed E-state index contributed by atoms with van der Waals surface area (Å²) in [5.74, 6) is -0.728. The fourth-order valence-electron chi connectivity index (χ4n) is 5.78. The first-order valence-electron chi connectivity index (χ1n) is 12.2. The number of para-hydroxylation sites is 1. The van der Waals surface area contributed by atoms with Crippen molar-refractivity contribution in [3.8, 4) is 0 Å². The molecule has 0 radical (unpaired) electrons. The normalized spacial score (nSPS) is 24.0. The Bertz CT molecular complexity index is 1120. The molecule has 1 spiro atoms. The molecule has 5 heteroatoms. The van der Waals surface area contributed by atoms with E-state index in [1.165, 1.54) is 0 Å². The average molecular weight is 457 g/mol. The number of benzene rings is 2. The second-order valence-electron chi connectivity index (χ2n) is 10.3. The molecule has 4 atom stereocenters. The Balaban J connectivity index is 1.51. The van der Waals surface area contributed by atoms with Crippen LogP contribution >= 0.6 is 0 Å². The molecular formula is C29H32N2O3. The van der Waals surface area contributed by atoms with E-state index in [1.54, 1.807) is 0 Å². The van der Waals surface area contributed by atoms with Crippen molar-refractivity contribution in [1.82, 2.24) is 0 Å². The highest BCUT2D eigenvalue weighted by Gasteiger charge is 2.60. The maximum Gasteiger partial charge on any atom is 0.235 e. The zero-order valence-corrected chi connectivity index (χ0v) is 19.9. The van der Waals surface area contributed by atoms with E-state index >= 15 is 0 Å². The highest BCUT2D eigenvalue weighted by molar-refractivity contribution is 6.07. The largest absolute Gasteiger partial charge is 0.325 e. The van der Waals surface area contributed by atoms with Gasteiger partial charge < -0.3 is 10.2 Å². The predicted molar refractivity (Wildman–Crippen MR) is 132 cm³/mol. The number of carbonyl (C=O) groups is 3. The smallest absolute Gasteiger partial charge is 0.235 e. The first-order valence-corrected chi connectivity index (χ1v) is 12.2. The van der Waals surface area contributed by atoms with Crippen LogP contribution in [-0.2, 0) is 26.2 Å². The Morgan fingerprint density at radius 1 is 1.09 bits per heavy atom. The first kappa shape index (κ1) is 23.9. The van der Waals surface area contributed by atoms with Gasteiger partial charge in [0.15, 0.2) is 0 Å². The van der Waals surface area contributed by atoms with Crippen LogP contribution in [0.2, 0.25) is 0 Å². The summed E-state index contributed by atoms with van der Waals surface area (Å²) in [4.78, 5) is 43.5. The van der Waals surface area contributed by atoms with Crippen molar-refractivity contribution in [2.75, 3.05) is 5.32 Å². The van der Waals surface area contributed by atoms with Gasteiger partial charge >= 0.3 is 0 Å². The summed E-state index contributed by atoms with van der Waals surface area (Å²) in [6, 6.07) is 16.9. The molecule has 1 saturated carbocycles. The molecular weight excluding hydrogens is 424 g/mol. The van der Waals surface area contributed by atoms with Gasteiger partial charge in [0, 0.05) is 30.9 Å². The maximum absolute atomic E-state index is 13.8. The van der Waals surface area contributed by atoms with E-state index in [4.69, 9.17) is 6.57 Å². The topological polar surface area (TPSA) is 67.6 Å². The molecule has 1 amide bonds. The Morgan fingerprint density at radius 2 is 1.79 bits per heavy atom. The van der Waals surface area contributed by atoms with Crippen LogP contribution in [0.5, 0.6) is 0 Å². The minimum atomic E-state index is -0.828. The zero-order chi connectivity index (χ0) is 24.3. The minimum Gasteiger partial charge on any atom is -0.325 e. The van der Waals surface area contributed by atoms with Crippen LogP contribution in [0.15, 0.2) is 54.6 Å². The van der Waals surface area contributed by atoms with Crippen LogP contribution in [0.4, 0.5) is 5.69 Å². The van der Waals surface area contributed by atoms with Gasteiger partial charge in [-0.2, -0.15) is 0 Å². The number of hydrogen-bond acceptors (Lipinski definition) is 3. The first-order chi connectivity index (χ1) is 16.3. The minimum absolute atomic E-state index is 0.0168. The molecule has 4 rings (SSSR count). The van der Waals surface area contributed by atoms with Gasteiger partial charge in [0.25, 0.3) is 0 Å². The average Bonchev–Trinajstić information content (AvgIpc) is 3.35. The van der Waals surface area contributed by atoms with Crippen LogP contribution < -0.4 is 5.32 Å². The molecule has 1 N–H and O–H groups in total. The number of fused-ring (bicyclic) bond motifs is 2. The quantitative estimate of drug-likeness (QED) is 0.514. The van der Waals surface area contributed by atoms with Crippen LogP contribution in [0.3, 0.4) is 0 Å². The van der Waals surface area contributed by atoms with E-state index in [9.17, 15) is 14.4 Å². The molecule has 0 bridgehead atoms. The number of anilines is 1. The van der Waals surface area contributed by atoms with Gasteiger partial charge in [0.05, 0.1) is 11.3 Å². The van der Waals surface area contributed by atoms with Crippen molar-refractivity contribution in [3.05, 3.63) is 77.1 Å².